The molecule has 1 atom stereocenters. The molecule has 2 heterocycles. The van der Waals surface area contributed by atoms with Crippen LogP contribution in [0.15, 0.2) is 18.7 Å². The minimum absolute atomic E-state index is 0.166. The SMILES string of the molecule is C=C1OC(Oc2ncc(C(=O)NCCC#CCC)s2)CN1C(C)C. The maximum Gasteiger partial charge on any atom is 0.277 e. The van der Waals surface area contributed by atoms with Crippen LogP contribution in [0.3, 0.4) is 0 Å². The second kappa shape index (κ2) is 8.60. The van der Waals surface area contributed by atoms with Gasteiger partial charge in [-0.3, -0.25) is 4.79 Å². The van der Waals surface area contributed by atoms with Crippen LogP contribution < -0.4 is 10.1 Å². The molecule has 130 valence electrons. The van der Waals surface area contributed by atoms with Crippen molar-refractivity contribution in [1.29, 1.82) is 0 Å². The van der Waals surface area contributed by atoms with E-state index in [1.807, 2.05) is 11.8 Å². The van der Waals surface area contributed by atoms with Crippen molar-refractivity contribution in [3.05, 3.63) is 23.5 Å². The topological polar surface area (TPSA) is 63.7 Å². The molecule has 1 N–H and O–H groups in total. The number of hydrogen-bond acceptors (Lipinski definition) is 6. The number of rotatable bonds is 6. The van der Waals surface area contributed by atoms with Crippen LogP contribution in [0.1, 0.15) is 43.3 Å². The maximum absolute atomic E-state index is 12.0. The van der Waals surface area contributed by atoms with E-state index in [0.29, 0.717) is 41.5 Å². The highest BCUT2D eigenvalue weighted by molar-refractivity contribution is 7.15. The summed E-state index contributed by atoms with van der Waals surface area (Å²) in [4.78, 5) is 18.7. The molecular formula is C17H23N3O3S. The summed E-state index contributed by atoms with van der Waals surface area (Å²) in [7, 11) is 0. The standard InChI is InChI=1S/C17H23N3O3S/c1-5-6-7-8-9-18-16(21)14-10-19-17(24-14)23-15-11-20(12(2)3)13(4)22-15/h10,12,15H,4-5,8-9,11H2,1-3H3,(H,18,21). The normalized spacial score (nSPS) is 16.6. The van der Waals surface area contributed by atoms with Crippen LogP contribution in [0, 0.1) is 11.8 Å². The molecule has 6 nitrogen and oxygen atoms in total. The Labute approximate surface area is 146 Å². The molecule has 0 aliphatic carbocycles. The van der Waals surface area contributed by atoms with E-state index in [1.54, 1.807) is 0 Å². The largest absolute Gasteiger partial charge is 0.438 e. The predicted molar refractivity (Wildman–Crippen MR) is 93.6 cm³/mol. The zero-order valence-corrected chi connectivity index (χ0v) is 15.1. The summed E-state index contributed by atoms with van der Waals surface area (Å²) in [5.74, 6) is 6.38. The Morgan fingerprint density at radius 2 is 2.42 bits per heavy atom. The van der Waals surface area contributed by atoms with Crippen molar-refractivity contribution in [3.63, 3.8) is 0 Å². The van der Waals surface area contributed by atoms with Gasteiger partial charge in [0.05, 0.1) is 12.7 Å². The van der Waals surface area contributed by atoms with E-state index in [2.05, 4.69) is 42.6 Å². The van der Waals surface area contributed by atoms with E-state index in [9.17, 15) is 4.79 Å². The number of nitrogens with one attached hydrogen (secondary N) is 1. The van der Waals surface area contributed by atoms with Gasteiger partial charge in [0.1, 0.15) is 4.88 Å². The number of thiazole rings is 1. The molecule has 1 aliphatic heterocycles. The van der Waals surface area contributed by atoms with Gasteiger partial charge < -0.3 is 19.7 Å². The molecule has 1 aromatic heterocycles. The van der Waals surface area contributed by atoms with Crippen molar-refractivity contribution in [1.82, 2.24) is 15.2 Å². The van der Waals surface area contributed by atoms with Crippen LogP contribution in [0.4, 0.5) is 0 Å². The highest BCUT2D eigenvalue weighted by atomic mass is 32.1. The molecule has 1 amide bonds. The van der Waals surface area contributed by atoms with Crippen molar-refractivity contribution in [2.45, 2.75) is 45.9 Å². The number of hydrogen-bond donors (Lipinski definition) is 1. The molecule has 1 aromatic rings. The van der Waals surface area contributed by atoms with Crippen molar-refractivity contribution < 1.29 is 14.3 Å². The van der Waals surface area contributed by atoms with E-state index in [0.717, 1.165) is 6.42 Å². The summed E-state index contributed by atoms with van der Waals surface area (Å²) in [5.41, 5.74) is 0. The van der Waals surface area contributed by atoms with Crippen molar-refractivity contribution in [2.24, 2.45) is 0 Å². The summed E-state index contributed by atoms with van der Waals surface area (Å²) in [5, 5.41) is 3.23. The third-order valence-corrected chi connectivity index (χ3v) is 4.22. The highest BCUT2D eigenvalue weighted by Crippen LogP contribution is 2.26. The molecule has 1 unspecified atom stereocenters. The van der Waals surface area contributed by atoms with Crippen LogP contribution >= 0.6 is 11.3 Å². The van der Waals surface area contributed by atoms with Gasteiger partial charge in [0.2, 0.25) is 0 Å². The first-order valence-electron chi connectivity index (χ1n) is 7.99. The molecule has 0 radical (unpaired) electrons. The summed E-state index contributed by atoms with van der Waals surface area (Å²) in [6, 6.07) is 0.291. The van der Waals surface area contributed by atoms with Crippen molar-refractivity contribution >= 4 is 17.2 Å². The summed E-state index contributed by atoms with van der Waals surface area (Å²) in [6.07, 6.45) is 2.53. The summed E-state index contributed by atoms with van der Waals surface area (Å²) >= 11 is 1.20. The van der Waals surface area contributed by atoms with Gasteiger partial charge >= 0.3 is 0 Å². The van der Waals surface area contributed by atoms with E-state index in [-0.39, 0.29) is 5.91 Å². The molecule has 0 aromatic carbocycles. The fraction of sp³-hybridized carbons (Fsp3) is 0.529. The third-order valence-electron chi connectivity index (χ3n) is 3.33. The lowest BCUT2D eigenvalue weighted by Crippen LogP contribution is -2.29. The minimum Gasteiger partial charge on any atom is -0.438 e. The second-order valence-electron chi connectivity index (χ2n) is 5.51. The maximum atomic E-state index is 12.0. The first-order valence-corrected chi connectivity index (χ1v) is 8.81. The lowest BCUT2D eigenvalue weighted by molar-refractivity contribution is -0.00478. The average Bonchev–Trinajstić information content (AvgIpc) is 3.14. The molecule has 0 saturated carbocycles. The van der Waals surface area contributed by atoms with E-state index in [4.69, 9.17) is 9.47 Å². The Hall–Kier alpha value is -2.20. The van der Waals surface area contributed by atoms with Crippen LogP contribution in [-0.4, -0.2) is 41.2 Å². The predicted octanol–water partition coefficient (Wildman–Crippen LogP) is 2.59. The van der Waals surface area contributed by atoms with Gasteiger partial charge in [-0.15, -0.1) is 11.8 Å². The van der Waals surface area contributed by atoms with Crippen LogP contribution in [0.2, 0.25) is 0 Å². The second-order valence-corrected chi connectivity index (χ2v) is 6.50. The Bertz CT molecular complexity index is 645. The Morgan fingerprint density at radius 1 is 1.62 bits per heavy atom. The number of carbonyl (C=O) groups excluding carboxylic acids is 1. The van der Waals surface area contributed by atoms with Gasteiger partial charge in [-0.05, 0) is 20.4 Å². The zero-order chi connectivity index (χ0) is 17.5. The van der Waals surface area contributed by atoms with Crippen LogP contribution in [0.25, 0.3) is 0 Å². The first kappa shape index (κ1) is 18.1. The number of carbonyl (C=O) groups is 1. The lowest BCUT2D eigenvalue weighted by atomic mass is 10.3. The van der Waals surface area contributed by atoms with Gasteiger partial charge in [0.25, 0.3) is 17.4 Å². The Morgan fingerprint density at radius 3 is 3.08 bits per heavy atom. The minimum atomic E-state index is -0.453. The number of amides is 1. The monoisotopic (exact) mass is 349 g/mol. The van der Waals surface area contributed by atoms with E-state index < -0.39 is 6.29 Å². The van der Waals surface area contributed by atoms with Crippen LogP contribution in [-0.2, 0) is 4.74 Å². The molecule has 1 aliphatic rings. The fourth-order valence-electron chi connectivity index (χ4n) is 2.15. The summed E-state index contributed by atoms with van der Waals surface area (Å²) < 4.78 is 11.3. The Kier molecular flexibility index (Phi) is 6.50. The molecule has 2 rings (SSSR count). The highest BCUT2D eigenvalue weighted by Gasteiger charge is 2.30. The molecule has 0 bridgehead atoms. The molecular weight excluding hydrogens is 326 g/mol. The lowest BCUT2D eigenvalue weighted by Gasteiger charge is -2.19. The molecule has 1 saturated heterocycles. The number of ether oxygens (including phenoxy) is 2. The number of aromatic nitrogens is 1. The van der Waals surface area contributed by atoms with Gasteiger partial charge in [0.15, 0.2) is 5.88 Å². The number of nitrogens with zero attached hydrogens (tertiary/aromatic N) is 2. The van der Waals surface area contributed by atoms with Gasteiger partial charge in [-0.2, -0.15) is 0 Å². The van der Waals surface area contributed by atoms with Crippen LogP contribution in [0.5, 0.6) is 5.19 Å². The van der Waals surface area contributed by atoms with E-state index >= 15 is 0 Å². The molecule has 0 spiro atoms. The summed E-state index contributed by atoms with van der Waals surface area (Å²) in [6.45, 7) is 11.1. The smallest absolute Gasteiger partial charge is 0.277 e. The van der Waals surface area contributed by atoms with Gasteiger partial charge in [-0.25, -0.2) is 4.98 Å². The zero-order valence-electron chi connectivity index (χ0n) is 14.3. The molecule has 7 heteroatoms. The third kappa shape index (κ3) is 4.90. The van der Waals surface area contributed by atoms with Gasteiger partial charge in [-0.1, -0.05) is 18.3 Å². The fourth-order valence-corrected chi connectivity index (χ4v) is 2.87. The van der Waals surface area contributed by atoms with Crippen molar-refractivity contribution in [3.8, 4) is 17.0 Å². The molecule has 1 fully saturated rings. The van der Waals surface area contributed by atoms with Gasteiger partial charge in [0, 0.05) is 25.4 Å². The van der Waals surface area contributed by atoms with E-state index in [1.165, 1.54) is 17.5 Å². The first-order chi connectivity index (χ1) is 11.5. The quantitative estimate of drug-likeness (QED) is 0.632. The van der Waals surface area contributed by atoms with Crippen molar-refractivity contribution in [2.75, 3.05) is 13.1 Å². The molecule has 24 heavy (non-hydrogen) atoms. The Balaban J connectivity index is 1.83. The average molecular weight is 349 g/mol.